The van der Waals surface area contributed by atoms with Crippen LogP contribution < -0.4 is 0 Å². The first-order valence-corrected chi connectivity index (χ1v) is 12.3. The van der Waals surface area contributed by atoms with Crippen molar-refractivity contribution in [2.24, 2.45) is 11.8 Å². The number of hydrogen-bond acceptors (Lipinski definition) is 4. The second kappa shape index (κ2) is 12.5. The zero-order chi connectivity index (χ0) is 22.8. The van der Waals surface area contributed by atoms with Gasteiger partial charge in [0.1, 0.15) is 5.82 Å². The Labute approximate surface area is 192 Å². The zero-order valence-corrected chi connectivity index (χ0v) is 19.7. The Morgan fingerprint density at radius 2 is 2.00 bits per heavy atom. The quantitative estimate of drug-likeness (QED) is 0.200. The topological polar surface area (TPSA) is 44.8 Å². The highest BCUT2D eigenvalue weighted by atomic mass is 19.1. The molecule has 1 aromatic rings. The van der Waals surface area contributed by atoms with Crippen LogP contribution in [0.15, 0.2) is 36.4 Å². The second-order valence-electron chi connectivity index (χ2n) is 9.30. The third kappa shape index (κ3) is 6.20. The number of halogens is 1. The molecule has 0 spiro atoms. The van der Waals surface area contributed by atoms with Gasteiger partial charge in [-0.2, -0.15) is 0 Å². The highest BCUT2D eigenvalue weighted by molar-refractivity contribution is 5.69. The zero-order valence-electron chi connectivity index (χ0n) is 19.7. The Hall–Kier alpha value is -1.72. The van der Waals surface area contributed by atoms with Gasteiger partial charge in [-0.05, 0) is 55.7 Å². The van der Waals surface area contributed by atoms with Gasteiger partial charge in [0.05, 0.1) is 26.4 Å². The monoisotopic (exact) mass is 446 g/mol. The summed E-state index contributed by atoms with van der Waals surface area (Å²) in [5, 5.41) is 0. The number of methoxy groups -OCH3 is 1. The van der Waals surface area contributed by atoms with Gasteiger partial charge in [0.15, 0.2) is 0 Å². The summed E-state index contributed by atoms with van der Waals surface area (Å²) in [5.74, 6) is 0.390. The lowest BCUT2D eigenvalue weighted by Crippen LogP contribution is -2.41. The number of ether oxygens (including phenoxy) is 3. The van der Waals surface area contributed by atoms with Gasteiger partial charge in [-0.25, -0.2) is 4.39 Å². The molecule has 1 aromatic carbocycles. The lowest BCUT2D eigenvalue weighted by Gasteiger charge is -2.39. The fourth-order valence-electron chi connectivity index (χ4n) is 5.43. The van der Waals surface area contributed by atoms with Crippen molar-refractivity contribution in [3.8, 4) is 0 Å². The van der Waals surface area contributed by atoms with Gasteiger partial charge in [0, 0.05) is 24.4 Å². The minimum atomic E-state index is -0.201. The summed E-state index contributed by atoms with van der Waals surface area (Å²) in [5.41, 5.74) is 1.10. The molecule has 2 fully saturated rings. The van der Waals surface area contributed by atoms with Gasteiger partial charge in [-0.1, -0.05) is 50.5 Å². The third-order valence-electron chi connectivity index (χ3n) is 7.23. The van der Waals surface area contributed by atoms with E-state index in [2.05, 4.69) is 19.1 Å². The summed E-state index contributed by atoms with van der Waals surface area (Å²) in [7, 11) is 1.43. The molecule has 178 valence electrons. The minimum Gasteiger partial charge on any atom is -0.469 e. The van der Waals surface area contributed by atoms with Crippen LogP contribution in [0.1, 0.15) is 70.3 Å². The van der Waals surface area contributed by atoms with Gasteiger partial charge in [0.2, 0.25) is 0 Å². The number of carbonyl (C=O) groups excluding carboxylic acids is 1. The van der Waals surface area contributed by atoms with Crippen molar-refractivity contribution in [3.63, 3.8) is 0 Å². The van der Waals surface area contributed by atoms with E-state index in [0.717, 1.165) is 45.3 Å². The van der Waals surface area contributed by atoms with Crippen molar-refractivity contribution in [3.05, 3.63) is 47.8 Å². The normalized spacial score (nSPS) is 26.8. The Morgan fingerprint density at radius 1 is 1.19 bits per heavy atom. The van der Waals surface area contributed by atoms with Crippen molar-refractivity contribution in [2.45, 2.75) is 76.2 Å². The molecule has 2 bridgehead atoms. The maximum atomic E-state index is 13.6. The lowest BCUT2D eigenvalue weighted by molar-refractivity contribution is -0.140. The van der Waals surface area contributed by atoms with Gasteiger partial charge in [-0.3, -0.25) is 4.79 Å². The molecule has 1 heterocycles. The van der Waals surface area contributed by atoms with Gasteiger partial charge >= 0.3 is 5.97 Å². The van der Waals surface area contributed by atoms with E-state index in [1.807, 2.05) is 12.1 Å². The maximum Gasteiger partial charge on any atom is 0.305 e. The number of fused-ring (bicyclic) bond motifs is 2. The molecule has 3 rings (SSSR count). The number of esters is 1. The molecule has 1 aliphatic heterocycles. The molecule has 2 aliphatic rings. The highest BCUT2D eigenvalue weighted by Gasteiger charge is 2.59. The van der Waals surface area contributed by atoms with E-state index in [4.69, 9.17) is 14.2 Å². The molecule has 0 amide bonds. The van der Waals surface area contributed by atoms with Crippen molar-refractivity contribution in [2.75, 3.05) is 26.9 Å². The van der Waals surface area contributed by atoms with Gasteiger partial charge in [0.25, 0.3) is 0 Å². The highest BCUT2D eigenvalue weighted by Crippen LogP contribution is 2.56. The Kier molecular flexibility index (Phi) is 9.73. The molecule has 0 unspecified atom stereocenters. The van der Waals surface area contributed by atoms with Crippen molar-refractivity contribution in [1.29, 1.82) is 0 Å². The van der Waals surface area contributed by atoms with Crippen LogP contribution in [0.2, 0.25) is 0 Å². The summed E-state index contributed by atoms with van der Waals surface area (Å²) >= 11 is 0. The van der Waals surface area contributed by atoms with Crippen LogP contribution in [0, 0.1) is 17.7 Å². The number of allylic oxidation sites excluding steroid dienone is 2. The van der Waals surface area contributed by atoms with Crippen molar-refractivity contribution >= 4 is 5.97 Å². The predicted molar refractivity (Wildman–Crippen MR) is 124 cm³/mol. The summed E-state index contributed by atoms with van der Waals surface area (Å²) in [6, 6.07) is 6.99. The van der Waals surface area contributed by atoms with Crippen molar-refractivity contribution < 1.29 is 23.4 Å². The number of benzene rings is 1. The average Bonchev–Trinajstić information content (AvgIpc) is 3.37. The van der Waals surface area contributed by atoms with Crippen LogP contribution in [0.25, 0.3) is 0 Å². The van der Waals surface area contributed by atoms with E-state index in [-0.39, 0.29) is 23.3 Å². The molecular formula is C27H39FO4. The van der Waals surface area contributed by atoms with E-state index in [0.29, 0.717) is 24.9 Å². The van der Waals surface area contributed by atoms with Gasteiger partial charge in [-0.15, -0.1) is 0 Å². The molecule has 4 nitrogen and oxygen atoms in total. The van der Waals surface area contributed by atoms with Crippen LogP contribution in [-0.4, -0.2) is 39.0 Å². The molecule has 1 saturated carbocycles. The van der Waals surface area contributed by atoms with Crippen LogP contribution in [-0.2, 0) is 24.4 Å². The maximum absolute atomic E-state index is 13.6. The van der Waals surface area contributed by atoms with E-state index in [9.17, 15) is 9.18 Å². The SMILES string of the molecule is CCCCCCOC[C@@H]1[C@@H]2C[C@@](c3ccc(F)cc3)(CO2)[C@H]1CC=CCCCC(=O)OC. The summed E-state index contributed by atoms with van der Waals surface area (Å²) in [6.07, 6.45) is 13.5. The van der Waals surface area contributed by atoms with E-state index in [1.54, 1.807) is 12.1 Å². The van der Waals surface area contributed by atoms with E-state index >= 15 is 0 Å². The fourth-order valence-corrected chi connectivity index (χ4v) is 5.43. The minimum absolute atomic E-state index is 0.0784. The molecule has 0 N–H and O–H groups in total. The van der Waals surface area contributed by atoms with Crippen molar-refractivity contribution in [1.82, 2.24) is 0 Å². The molecule has 4 atom stereocenters. The standard InChI is InChI=1S/C27H39FO4/c1-3-4-5-10-17-31-19-23-24(11-8-6-7-9-12-26(29)30-2)27(18-25(23)32-20-27)21-13-15-22(28)16-14-21/h6,8,13-16,23-25H,3-5,7,9-12,17-20H2,1-2H3/t23-,24-,25-,27-/m0/s1. The summed E-state index contributed by atoms with van der Waals surface area (Å²) in [4.78, 5) is 11.3. The molecule has 0 aromatic heterocycles. The predicted octanol–water partition coefficient (Wildman–Crippen LogP) is 5.98. The first kappa shape index (κ1) is 24.9. The second-order valence-corrected chi connectivity index (χ2v) is 9.30. The number of carbonyl (C=O) groups is 1. The first-order chi connectivity index (χ1) is 15.6. The smallest absolute Gasteiger partial charge is 0.305 e. The number of unbranched alkanes of at least 4 members (excludes halogenated alkanes) is 4. The summed E-state index contributed by atoms with van der Waals surface area (Å²) in [6.45, 7) is 4.44. The molecule has 1 saturated heterocycles. The average molecular weight is 447 g/mol. The molecule has 32 heavy (non-hydrogen) atoms. The molecule has 5 heteroatoms. The molecular weight excluding hydrogens is 407 g/mol. The number of rotatable bonds is 14. The van der Waals surface area contributed by atoms with Gasteiger partial charge < -0.3 is 14.2 Å². The Morgan fingerprint density at radius 3 is 2.75 bits per heavy atom. The van der Waals surface area contributed by atoms with Crippen LogP contribution in [0.5, 0.6) is 0 Å². The Balaban J connectivity index is 1.63. The van der Waals surface area contributed by atoms with Crippen LogP contribution >= 0.6 is 0 Å². The summed E-state index contributed by atoms with van der Waals surface area (Å²) < 4.78 is 30.6. The van der Waals surface area contributed by atoms with Crippen LogP contribution in [0.3, 0.4) is 0 Å². The van der Waals surface area contributed by atoms with E-state index < -0.39 is 0 Å². The largest absolute Gasteiger partial charge is 0.469 e. The Bertz CT molecular complexity index is 732. The lowest BCUT2D eigenvalue weighted by atomic mass is 9.69. The molecule has 1 aliphatic carbocycles. The van der Waals surface area contributed by atoms with E-state index in [1.165, 1.54) is 31.9 Å². The molecule has 0 radical (unpaired) electrons. The van der Waals surface area contributed by atoms with Crippen LogP contribution in [0.4, 0.5) is 4.39 Å². The first-order valence-electron chi connectivity index (χ1n) is 12.3. The number of hydrogen-bond donors (Lipinski definition) is 0. The fraction of sp³-hybridized carbons (Fsp3) is 0.667. The third-order valence-corrected chi connectivity index (χ3v) is 7.23.